The molecule has 0 radical (unpaired) electrons. The second kappa shape index (κ2) is 6.12. The maximum absolute atomic E-state index is 6.12. The van der Waals surface area contributed by atoms with Crippen LogP contribution in [-0.2, 0) is 0 Å². The molecule has 0 saturated heterocycles. The third kappa shape index (κ3) is 3.32. The topological polar surface area (TPSA) is 41.0 Å². The smallest absolute Gasteiger partial charge is 0.0924 e. The van der Waals surface area contributed by atoms with Gasteiger partial charge in [-0.15, -0.1) is 0 Å². The summed E-state index contributed by atoms with van der Waals surface area (Å²) in [5.74, 6) is 0. The Morgan fingerprint density at radius 2 is 2.00 bits per heavy atom. The number of halogens is 2. The highest BCUT2D eigenvalue weighted by Crippen LogP contribution is 2.23. The van der Waals surface area contributed by atoms with E-state index in [1.54, 1.807) is 30.9 Å². The molecule has 3 nitrogen and oxygen atoms in total. The van der Waals surface area contributed by atoms with E-state index in [1.165, 1.54) is 0 Å². The summed E-state index contributed by atoms with van der Waals surface area (Å²) in [6, 6.07) is 13.2. The van der Waals surface area contributed by atoms with Crippen LogP contribution in [0, 0.1) is 0 Å². The summed E-state index contributed by atoms with van der Waals surface area (Å²) in [7, 11) is 0. The Morgan fingerprint density at radius 1 is 1.10 bits per heavy atom. The maximum Gasteiger partial charge on any atom is 0.0924 e. The first-order chi connectivity index (χ1) is 10.2. The minimum atomic E-state index is 0.580. The standard InChI is InChI=1S/C16H11Cl2N3/c17-13-5-4-12(15(18)7-13)8-20-14-3-1-2-11(6-14)16-9-19-10-21-16/h1-10H,(H,19,21). The van der Waals surface area contributed by atoms with Gasteiger partial charge in [-0.3, -0.25) is 4.99 Å². The van der Waals surface area contributed by atoms with E-state index in [2.05, 4.69) is 15.0 Å². The number of hydrogen-bond acceptors (Lipinski definition) is 2. The van der Waals surface area contributed by atoms with E-state index in [1.807, 2.05) is 30.3 Å². The van der Waals surface area contributed by atoms with Crippen molar-refractivity contribution in [3.05, 3.63) is 70.6 Å². The Hall–Kier alpha value is -2.10. The van der Waals surface area contributed by atoms with Gasteiger partial charge in [-0.1, -0.05) is 41.4 Å². The van der Waals surface area contributed by atoms with Crippen LogP contribution in [0.1, 0.15) is 5.56 Å². The van der Waals surface area contributed by atoms with Crippen molar-refractivity contribution in [1.82, 2.24) is 9.97 Å². The number of nitrogens with zero attached hydrogens (tertiary/aromatic N) is 2. The van der Waals surface area contributed by atoms with Crippen molar-refractivity contribution in [2.45, 2.75) is 0 Å². The second-order valence-corrected chi connectivity index (χ2v) is 5.28. The van der Waals surface area contributed by atoms with Crippen LogP contribution < -0.4 is 0 Å². The molecule has 5 heteroatoms. The van der Waals surface area contributed by atoms with Crippen molar-refractivity contribution >= 4 is 35.1 Å². The third-order valence-corrected chi connectivity index (χ3v) is 3.53. The monoisotopic (exact) mass is 315 g/mol. The summed E-state index contributed by atoms with van der Waals surface area (Å²) < 4.78 is 0. The molecule has 2 aromatic carbocycles. The van der Waals surface area contributed by atoms with Crippen LogP contribution in [0.5, 0.6) is 0 Å². The van der Waals surface area contributed by atoms with Crippen molar-refractivity contribution in [2.24, 2.45) is 4.99 Å². The minimum absolute atomic E-state index is 0.580. The number of rotatable bonds is 3. The maximum atomic E-state index is 6.12. The Balaban J connectivity index is 1.88. The first-order valence-corrected chi connectivity index (χ1v) is 7.06. The molecule has 3 aromatic rings. The van der Waals surface area contributed by atoms with Gasteiger partial charge in [-0.2, -0.15) is 0 Å². The van der Waals surface area contributed by atoms with Crippen LogP contribution in [-0.4, -0.2) is 16.2 Å². The van der Waals surface area contributed by atoms with E-state index in [-0.39, 0.29) is 0 Å². The van der Waals surface area contributed by atoms with E-state index in [0.29, 0.717) is 10.0 Å². The number of aromatic nitrogens is 2. The SMILES string of the molecule is Clc1ccc(C=Nc2cccc(-c3cnc[nH]3)c2)c(Cl)c1. The van der Waals surface area contributed by atoms with Crippen molar-refractivity contribution in [3.8, 4) is 11.3 Å². The zero-order valence-electron chi connectivity index (χ0n) is 10.9. The second-order valence-electron chi connectivity index (χ2n) is 4.44. The molecule has 0 saturated carbocycles. The Labute approximate surface area is 132 Å². The summed E-state index contributed by atoms with van der Waals surface area (Å²) in [5, 5.41) is 1.19. The normalized spacial score (nSPS) is 11.1. The Morgan fingerprint density at radius 3 is 2.76 bits per heavy atom. The molecule has 1 heterocycles. The van der Waals surface area contributed by atoms with Crippen LogP contribution in [0.15, 0.2) is 60.0 Å². The molecule has 0 bridgehead atoms. The number of H-pyrrole nitrogens is 1. The van der Waals surface area contributed by atoms with Crippen LogP contribution >= 0.6 is 23.2 Å². The van der Waals surface area contributed by atoms with E-state index >= 15 is 0 Å². The average molecular weight is 316 g/mol. The van der Waals surface area contributed by atoms with Gasteiger partial charge >= 0.3 is 0 Å². The molecular formula is C16H11Cl2N3. The molecule has 0 aliphatic heterocycles. The number of aromatic amines is 1. The highest BCUT2D eigenvalue weighted by atomic mass is 35.5. The Bertz CT molecular complexity index is 780. The van der Waals surface area contributed by atoms with Crippen LogP contribution in [0.2, 0.25) is 10.0 Å². The van der Waals surface area contributed by atoms with Gasteiger partial charge in [0.25, 0.3) is 0 Å². The fourth-order valence-corrected chi connectivity index (χ4v) is 2.38. The fourth-order valence-electron chi connectivity index (χ4n) is 1.92. The fraction of sp³-hybridized carbons (Fsp3) is 0. The van der Waals surface area contributed by atoms with E-state index in [0.717, 1.165) is 22.5 Å². The molecule has 104 valence electrons. The van der Waals surface area contributed by atoms with Crippen molar-refractivity contribution in [2.75, 3.05) is 0 Å². The molecule has 0 atom stereocenters. The molecule has 0 spiro atoms. The third-order valence-electron chi connectivity index (χ3n) is 2.97. The highest BCUT2D eigenvalue weighted by Gasteiger charge is 2.01. The molecule has 0 aliphatic carbocycles. The predicted molar refractivity (Wildman–Crippen MR) is 87.7 cm³/mol. The lowest BCUT2D eigenvalue weighted by Gasteiger charge is -2.01. The molecule has 1 N–H and O–H groups in total. The summed E-state index contributed by atoms with van der Waals surface area (Å²) in [5.41, 5.74) is 3.65. The zero-order chi connectivity index (χ0) is 14.7. The van der Waals surface area contributed by atoms with Crippen molar-refractivity contribution < 1.29 is 0 Å². The lowest BCUT2D eigenvalue weighted by molar-refractivity contribution is 1.31. The molecule has 0 amide bonds. The Kier molecular flexibility index (Phi) is 4.04. The van der Waals surface area contributed by atoms with Crippen LogP contribution in [0.4, 0.5) is 5.69 Å². The molecule has 21 heavy (non-hydrogen) atoms. The number of benzene rings is 2. The summed E-state index contributed by atoms with van der Waals surface area (Å²) in [4.78, 5) is 11.5. The van der Waals surface area contributed by atoms with Gasteiger partial charge < -0.3 is 4.98 Å². The van der Waals surface area contributed by atoms with Gasteiger partial charge in [0.05, 0.1) is 28.9 Å². The quantitative estimate of drug-likeness (QED) is 0.668. The van der Waals surface area contributed by atoms with Crippen LogP contribution in [0.25, 0.3) is 11.3 Å². The van der Waals surface area contributed by atoms with Gasteiger partial charge in [-0.05, 0) is 24.3 Å². The van der Waals surface area contributed by atoms with Gasteiger partial charge in [0.2, 0.25) is 0 Å². The first-order valence-electron chi connectivity index (χ1n) is 6.30. The number of hydrogen-bond donors (Lipinski definition) is 1. The highest BCUT2D eigenvalue weighted by molar-refractivity contribution is 6.36. The molecule has 3 rings (SSSR count). The van der Waals surface area contributed by atoms with E-state index in [9.17, 15) is 0 Å². The summed E-state index contributed by atoms with van der Waals surface area (Å²) >= 11 is 12.0. The number of nitrogens with one attached hydrogen (secondary N) is 1. The minimum Gasteiger partial charge on any atom is -0.345 e. The van der Waals surface area contributed by atoms with Gasteiger partial charge in [0.1, 0.15) is 0 Å². The summed E-state index contributed by atoms with van der Waals surface area (Å²) in [6.07, 6.45) is 5.16. The molecule has 0 unspecified atom stereocenters. The molecule has 0 aliphatic rings. The summed E-state index contributed by atoms with van der Waals surface area (Å²) in [6.45, 7) is 0. The van der Waals surface area contributed by atoms with Crippen molar-refractivity contribution in [1.29, 1.82) is 0 Å². The van der Waals surface area contributed by atoms with E-state index in [4.69, 9.17) is 23.2 Å². The van der Waals surface area contributed by atoms with Gasteiger partial charge in [-0.25, -0.2) is 4.98 Å². The molecular weight excluding hydrogens is 305 g/mol. The van der Waals surface area contributed by atoms with Crippen molar-refractivity contribution in [3.63, 3.8) is 0 Å². The largest absolute Gasteiger partial charge is 0.345 e. The number of aliphatic imine (C=N–C) groups is 1. The predicted octanol–water partition coefficient (Wildman–Crippen LogP) is 5.13. The lowest BCUT2D eigenvalue weighted by Crippen LogP contribution is -1.83. The lowest BCUT2D eigenvalue weighted by atomic mass is 10.1. The first kappa shape index (κ1) is 13.9. The zero-order valence-corrected chi connectivity index (χ0v) is 12.4. The van der Waals surface area contributed by atoms with E-state index < -0.39 is 0 Å². The molecule has 1 aromatic heterocycles. The average Bonchev–Trinajstić information content (AvgIpc) is 3.01. The van der Waals surface area contributed by atoms with Gasteiger partial charge in [0.15, 0.2) is 0 Å². The molecule has 0 fully saturated rings. The van der Waals surface area contributed by atoms with Crippen LogP contribution in [0.3, 0.4) is 0 Å². The van der Waals surface area contributed by atoms with Gasteiger partial charge in [0, 0.05) is 22.4 Å². The number of imidazole rings is 1.